The van der Waals surface area contributed by atoms with Gasteiger partial charge in [0, 0.05) is 22.5 Å². The van der Waals surface area contributed by atoms with E-state index in [4.69, 9.17) is 27.9 Å². The van der Waals surface area contributed by atoms with Crippen LogP contribution >= 0.6 is 34.5 Å². The number of thiophene rings is 1. The predicted octanol–water partition coefficient (Wildman–Crippen LogP) is 6.13. The molecule has 0 saturated carbocycles. The Morgan fingerprint density at radius 1 is 1.07 bits per heavy atom. The van der Waals surface area contributed by atoms with Crippen molar-refractivity contribution in [3.05, 3.63) is 98.4 Å². The summed E-state index contributed by atoms with van der Waals surface area (Å²) in [5, 5.41) is 10.2. The highest BCUT2D eigenvalue weighted by Crippen LogP contribution is 2.21. The molecule has 0 saturated heterocycles. The summed E-state index contributed by atoms with van der Waals surface area (Å²) in [5.41, 5.74) is 2.72. The number of benzene rings is 2. The van der Waals surface area contributed by atoms with Gasteiger partial charge in [0.15, 0.2) is 0 Å². The van der Waals surface area contributed by atoms with E-state index in [9.17, 15) is 4.79 Å². The first-order chi connectivity index (χ1) is 14.5. The van der Waals surface area contributed by atoms with Gasteiger partial charge in [-0.2, -0.15) is 5.10 Å². The molecule has 4 rings (SSSR count). The molecule has 1 amide bonds. The largest absolute Gasteiger partial charge is 0.489 e. The molecular weight excluding hydrogens is 441 g/mol. The van der Waals surface area contributed by atoms with Gasteiger partial charge in [-0.15, -0.1) is 11.3 Å². The summed E-state index contributed by atoms with van der Waals surface area (Å²) in [6.07, 6.45) is 3.37. The molecule has 0 unspecified atom stereocenters. The highest BCUT2D eigenvalue weighted by atomic mass is 35.5. The quantitative estimate of drug-likeness (QED) is 0.363. The van der Waals surface area contributed by atoms with Crippen LogP contribution < -0.4 is 10.1 Å². The molecular formula is C22H17Cl2N3O2S. The summed E-state index contributed by atoms with van der Waals surface area (Å²) >= 11 is 13.2. The number of nitrogens with zero attached hydrogens (tertiary/aromatic N) is 2. The van der Waals surface area contributed by atoms with E-state index in [1.54, 1.807) is 29.2 Å². The number of rotatable bonds is 7. The Kier molecular flexibility index (Phi) is 6.38. The first-order valence-electron chi connectivity index (χ1n) is 9.09. The zero-order valence-electron chi connectivity index (χ0n) is 15.7. The third kappa shape index (κ3) is 5.42. The van der Waals surface area contributed by atoms with Crippen molar-refractivity contribution in [2.45, 2.75) is 13.2 Å². The number of hydrogen-bond acceptors (Lipinski definition) is 4. The highest BCUT2D eigenvalue weighted by Gasteiger charge is 2.10. The molecule has 1 N–H and O–H groups in total. The van der Waals surface area contributed by atoms with Crippen molar-refractivity contribution in [3.8, 4) is 5.75 Å². The Bertz CT molecular complexity index is 1160. The topological polar surface area (TPSA) is 56.2 Å². The number of halogens is 2. The third-order valence-corrected chi connectivity index (χ3v) is 5.65. The van der Waals surface area contributed by atoms with Gasteiger partial charge in [0.2, 0.25) is 0 Å². The number of amides is 1. The van der Waals surface area contributed by atoms with E-state index in [-0.39, 0.29) is 5.91 Å². The summed E-state index contributed by atoms with van der Waals surface area (Å²) in [6, 6.07) is 16.7. The monoisotopic (exact) mass is 457 g/mol. The van der Waals surface area contributed by atoms with Crippen LogP contribution in [0.2, 0.25) is 10.0 Å². The molecule has 0 atom stereocenters. The molecule has 2 aromatic carbocycles. The number of aromatic nitrogens is 2. The van der Waals surface area contributed by atoms with Crippen molar-refractivity contribution in [2.24, 2.45) is 0 Å². The number of anilines is 1. The number of carbonyl (C=O) groups excluding carboxylic acids is 1. The highest BCUT2D eigenvalue weighted by molar-refractivity contribution is 7.12. The van der Waals surface area contributed by atoms with Gasteiger partial charge < -0.3 is 10.1 Å². The van der Waals surface area contributed by atoms with E-state index in [0.29, 0.717) is 33.8 Å². The van der Waals surface area contributed by atoms with Crippen LogP contribution in [0.15, 0.2) is 72.4 Å². The standard InChI is InChI=1S/C22H17Cl2N3O2S/c23-17-2-1-3-20(9-17)29-13-16-8-21(30-14-16)22(28)26-19-6-4-15(5-7-19)11-27-12-18(24)10-25-27/h1-10,12,14H,11,13H2,(H,26,28). The molecule has 0 aliphatic heterocycles. The summed E-state index contributed by atoms with van der Waals surface area (Å²) in [5.74, 6) is 0.540. The lowest BCUT2D eigenvalue weighted by Gasteiger charge is -2.06. The molecule has 0 fully saturated rings. The molecule has 2 aromatic heterocycles. The average molecular weight is 458 g/mol. The van der Waals surface area contributed by atoms with Gasteiger partial charge in [-0.05, 0) is 47.3 Å². The van der Waals surface area contributed by atoms with Crippen molar-refractivity contribution in [1.29, 1.82) is 0 Å². The van der Waals surface area contributed by atoms with Crippen molar-refractivity contribution < 1.29 is 9.53 Å². The van der Waals surface area contributed by atoms with Crippen LogP contribution in [-0.2, 0) is 13.2 Å². The van der Waals surface area contributed by atoms with E-state index in [1.165, 1.54) is 11.3 Å². The zero-order chi connectivity index (χ0) is 20.9. The molecule has 152 valence electrons. The van der Waals surface area contributed by atoms with Crippen LogP contribution in [0.5, 0.6) is 5.75 Å². The van der Waals surface area contributed by atoms with Gasteiger partial charge in [0.25, 0.3) is 5.91 Å². The second-order valence-electron chi connectivity index (χ2n) is 6.57. The van der Waals surface area contributed by atoms with Gasteiger partial charge in [-0.25, -0.2) is 0 Å². The predicted molar refractivity (Wildman–Crippen MR) is 121 cm³/mol. The third-order valence-electron chi connectivity index (χ3n) is 4.24. The van der Waals surface area contributed by atoms with Crippen LogP contribution in [0.3, 0.4) is 0 Å². The molecule has 30 heavy (non-hydrogen) atoms. The summed E-state index contributed by atoms with van der Waals surface area (Å²) in [7, 11) is 0. The Hall–Kier alpha value is -2.80. The van der Waals surface area contributed by atoms with Crippen LogP contribution in [0.1, 0.15) is 20.8 Å². The van der Waals surface area contributed by atoms with Crippen molar-refractivity contribution >= 4 is 46.1 Å². The van der Waals surface area contributed by atoms with E-state index in [0.717, 1.165) is 16.8 Å². The fraction of sp³-hybridized carbons (Fsp3) is 0.0909. The lowest BCUT2D eigenvalue weighted by molar-refractivity contribution is 0.103. The molecule has 0 bridgehead atoms. The zero-order valence-corrected chi connectivity index (χ0v) is 18.0. The first kappa shape index (κ1) is 20.5. The molecule has 5 nitrogen and oxygen atoms in total. The van der Waals surface area contributed by atoms with Crippen molar-refractivity contribution in [2.75, 3.05) is 5.32 Å². The lowest BCUT2D eigenvalue weighted by atomic mass is 10.2. The molecule has 0 radical (unpaired) electrons. The molecule has 8 heteroatoms. The number of nitrogens with one attached hydrogen (secondary N) is 1. The molecule has 0 aliphatic rings. The van der Waals surface area contributed by atoms with Gasteiger partial charge in [0.05, 0.1) is 22.6 Å². The maximum atomic E-state index is 12.5. The second-order valence-corrected chi connectivity index (χ2v) is 8.36. The summed E-state index contributed by atoms with van der Waals surface area (Å²) in [4.78, 5) is 13.2. The van der Waals surface area contributed by atoms with Crippen molar-refractivity contribution in [1.82, 2.24) is 9.78 Å². The Morgan fingerprint density at radius 3 is 2.63 bits per heavy atom. The van der Waals surface area contributed by atoms with Crippen LogP contribution in [-0.4, -0.2) is 15.7 Å². The van der Waals surface area contributed by atoms with Crippen LogP contribution in [0.25, 0.3) is 0 Å². The average Bonchev–Trinajstić information content (AvgIpc) is 3.37. The maximum absolute atomic E-state index is 12.5. The minimum atomic E-state index is -0.152. The fourth-order valence-corrected chi connectivity index (χ4v) is 3.92. The molecule has 4 aromatic rings. The molecule has 0 aliphatic carbocycles. The number of hydrogen-bond donors (Lipinski definition) is 1. The van der Waals surface area contributed by atoms with Crippen LogP contribution in [0, 0.1) is 0 Å². The lowest BCUT2D eigenvalue weighted by Crippen LogP contribution is -2.10. The SMILES string of the molecule is O=C(Nc1ccc(Cn2cc(Cl)cn2)cc1)c1cc(COc2cccc(Cl)c2)cs1. The first-order valence-corrected chi connectivity index (χ1v) is 10.7. The summed E-state index contributed by atoms with van der Waals surface area (Å²) in [6.45, 7) is 0.984. The Balaban J connectivity index is 1.32. The van der Waals surface area contributed by atoms with Gasteiger partial charge in [-0.1, -0.05) is 41.4 Å². The Labute approximate surface area is 187 Å². The van der Waals surface area contributed by atoms with Crippen molar-refractivity contribution in [3.63, 3.8) is 0 Å². The number of carbonyl (C=O) groups is 1. The van der Waals surface area contributed by atoms with Crippen LogP contribution in [0.4, 0.5) is 5.69 Å². The normalized spacial score (nSPS) is 10.7. The minimum absolute atomic E-state index is 0.152. The van der Waals surface area contributed by atoms with E-state index in [2.05, 4.69) is 10.4 Å². The summed E-state index contributed by atoms with van der Waals surface area (Å²) < 4.78 is 7.48. The number of ether oxygens (including phenoxy) is 1. The minimum Gasteiger partial charge on any atom is -0.489 e. The van der Waals surface area contributed by atoms with E-state index >= 15 is 0 Å². The smallest absolute Gasteiger partial charge is 0.265 e. The van der Waals surface area contributed by atoms with E-state index in [1.807, 2.05) is 47.8 Å². The van der Waals surface area contributed by atoms with Gasteiger partial charge >= 0.3 is 0 Å². The molecule has 2 heterocycles. The van der Waals surface area contributed by atoms with Gasteiger partial charge in [-0.3, -0.25) is 9.48 Å². The van der Waals surface area contributed by atoms with E-state index < -0.39 is 0 Å². The second kappa shape index (κ2) is 9.34. The maximum Gasteiger partial charge on any atom is 0.265 e. The van der Waals surface area contributed by atoms with Gasteiger partial charge in [0.1, 0.15) is 12.4 Å². The Morgan fingerprint density at radius 2 is 1.90 bits per heavy atom. The fourth-order valence-electron chi connectivity index (χ4n) is 2.79. The molecule has 0 spiro atoms.